The lowest BCUT2D eigenvalue weighted by molar-refractivity contribution is 0.0905. The highest BCUT2D eigenvalue weighted by atomic mass is 16.6. The highest BCUT2D eigenvalue weighted by Crippen LogP contribution is 2.30. The predicted molar refractivity (Wildman–Crippen MR) is 106 cm³/mol. The first-order chi connectivity index (χ1) is 13.6. The van der Waals surface area contributed by atoms with Gasteiger partial charge in [0.05, 0.1) is 20.8 Å². The van der Waals surface area contributed by atoms with Crippen LogP contribution in [0.1, 0.15) is 5.56 Å². The SMILES string of the molecule is COc1ccc(CCN(C)C(=O)NCC2COc3ccccc3O2)cc1OC. The molecule has 2 aromatic rings. The molecule has 150 valence electrons. The van der Waals surface area contributed by atoms with Crippen LogP contribution in [-0.4, -0.2) is 58.0 Å². The van der Waals surface area contributed by atoms with E-state index in [-0.39, 0.29) is 12.1 Å². The first-order valence-electron chi connectivity index (χ1n) is 9.19. The summed E-state index contributed by atoms with van der Waals surface area (Å²) in [6.07, 6.45) is 0.499. The monoisotopic (exact) mass is 386 g/mol. The summed E-state index contributed by atoms with van der Waals surface area (Å²) in [5.41, 5.74) is 1.07. The molecule has 7 heteroatoms. The fourth-order valence-electron chi connectivity index (χ4n) is 2.93. The molecule has 2 amide bonds. The second-order valence-electron chi connectivity index (χ2n) is 6.54. The summed E-state index contributed by atoms with van der Waals surface area (Å²) in [6, 6.07) is 13.1. The quantitative estimate of drug-likeness (QED) is 0.792. The van der Waals surface area contributed by atoms with Gasteiger partial charge in [-0.1, -0.05) is 18.2 Å². The number of nitrogens with one attached hydrogen (secondary N) is 1. The predicted octanol–water partition coefficient (Wildman–Crippen LogP) is 2.73. The van der Waals surface area contributed by atoms with Crippen LogP contribution < -0.4 is 24.3 Å². The Labute approximate surface area is 165 Å². The number of carbonyl (C=O) groups is 1. The van der Waals surface area contributed by atoms with Crippen LogP contribution in [0.15, 0.2) is 42.5 Å². The average Bonchev–Trinajstić information content (AvgIpc) is 2.75. The van der Waals surface area contributed by atoms with E-state index in [0.29, 0.717) is 43.4 Å². The number of nitrogens with zero attached hydrogens (tertiary/aromatic N) is 1. The number of amides is 2. The topological polar surface area (TPSA) is 69.3 Å². The number of urea groups is 1. The second kappa shape index (κ2) is 9.21. The molecule has 0 aromatic heterocycles. The van der Waals surface area contributed by atoms with Crippen LogP contribution in [0, 0.1) is 0 Å². The number of para-hydroxylation sites is 2. The molecule has 0 saturated heterocycles. The van der Waals surface area contributed by atoms with Gasteiger partial charge in [-0.2, -0.15) is 0 Å². The van der Waals surface area contributed by atoms with Crippen molar-refractivity contribution in [2.75, 3.05) is 41.0 Å². The van der Waals surface area contributed by atoms with Gasteiger partial charge in [-0.15, -0.1) is 0 Å². The Balaban J connectivity index is 1.45. The van der Waals surface area contributed by atoms with E-state index in [1.807, 2.05) is 42.5 Å². The lowest BCUT2D eigenvalue weighted by Gasteiger charge is -2.27. The molecule has 28 heavy (non-hydrogen) atoms. The molecular formula is C21H26N2O5. The Bertz CT molecular complexity index is 811. The minimum atomic E-state index is -0.210. The number of benzene rings is 2. The fraction of sp³-hybridized carbons (Fsp3) is 0.381. The smallest absolute Gasteiger partial charge is 0.317 e. The normalized spacial score (nSPS) is 14.9. The number of rotatable bonds is 7. The van der Waals surface area contributed by atoms with Crippen molar-refractivity contribution in [2.45, 2.75) is 12.5 Å². The van der Waals surface area contributed by atoms with E-state index in [9.17, 15) is 4.79 Å². The van der Waals surface area contributed by atoms with Gasteiger partial charge in [-0.05, 0) is 36.2 Å². The molecule has 1 aliphatic rings. The Morgan fingerprint density at radius 2 is 1.89 bits per heavy atom. The molecule has 0 aliphatic carbocycles. The second-order valence-corrected chi connectivity index (χ2v) is 6.54. The zero-order valence-corrected chi connectivity index (χ0v) is 16.4. The van der Waals surface area contributed by atoms with E-state index < -0.39 is 0 Å². The van der Waals surface area contributed by atoms with E-state index in [1.165, 1.54) is 0 Å². The molecule has 7 nitrogen and oxygen atoms in total. The molecule has 0 saturated carbocycles. The van der Waals surface area contributed by atoms with Crippen LogP contribution in [0.2, 0.25) is 0 Å². The van der Waals surface area contributed by atoms with Gasteiger partial charge in [-0.25, -0.2) is 4.79 Å². The van der Waals surface area contributed by atoms with Crippen molar-refractivity contribution in [1.82, 2.24) is 10.2 Å². The first-order valence-corrected chi connectivity index (χ1v) is 9.19. The largest absolute Gasteiger partial charge is 0.493 e. The highest BCUT2D eigenvalue weighted by molar-refractivity contribution is 5.73. The maximum Gasteiger partial charge on any atom is 0.317 e. The lowest BCUT2D eigenvalue weighted by atomic mass is 10.1. The molecule has 1 heterocycles. The van der Waals surface area contributed by atoms with Crippen molar-refractivity contribution < 1.29 is 23.7 Å². The number of hydrogen-bond acceptors (Lipinski definition) is 5. The van der Waals surface area contributed by atoms with Crippen LogP contribution in [-0.2, 0) is 6.42 Å². The van der Waals surface area contributed by atoms with Gasteiger partial charge in [0.1, 0.15) is 6.61 Å². The van der Waals surface area contributed by atoms with E-state index in [4.69, 9.17) is 18.9 Å². The molecule has 1 aliphatic heterocycles. The Morgan fingerprint density at radius 3 is 2.64 bits per heavy atom. The van der Waals surface area contributed by atoms with Crippen molar-refractivity contribution in [1.29, 1.82) is 0 Å². The van der Waals surface area contributed by atoms with Gasteiger partial charge >= 0.3 is 6.03 Å². The van der Waals surface area contributed by atoms with Gasteiger partial charge in [0.15, 0.2) is 29.1 Å². The van der Waals surface area contributed by atoms with Gasteiger partial charge in [-0.3, -0.25) is 0 Å². The maximum absolute atomic E-state index is 12.3. The van der Waals surface area contributed by atoms with Gasteiger partial charge in [0.25, 0.3) is 0 Å². The highest BCUT2D eigenvalue weighted by Gasteiger charge is 2.21. The third kappa shape index (κ3) is 4.79. The van der Waals surface area contributed by atoms with Gasteiger partial charge in [0.2, 0.25) is 0 Å². The number of carbonyl (C=O) groups excluding carboxylic acids is 1. The number of fused-ring (bicyclic) bond motifs is 1. The van der Waals surface area contributed by atoms with Crippen molar-refractivity contribution in [2.24, 2.45) is 0 Å². The van der Waals surface area contributed by atoms with E-state index in [0.717, 1.165) is 11.3 Å². The Morgan fingerprint density at radius 1 is 1.14 bits per heavy atom. The zero-order chi connectivity index (χ0) is 19.9. The standard InChI is InChI=1S/C21H26N2O5/c1-23(11-10-15-8-9-17(25-2)20(12-15)26-3)21(24)22-13-16-14-27-18-6-4-5-7-19(18)28-16/h4-9,12,16H,10-11,13-14H2,1-3H3,(H,22,24). The van der Waals surface area contributed by atoms with E-state index in [2.05, 4.69) is 5.32 Å². The molecule has 1 N–H and O–H groups in total. The van der Waals surface area contributed by atoms with Gasteiger partial charge < -0.3 is 29.2 Å². The van der Waals surface area contributed by atoms with Crippen molar-refractivity contribution >= 4 is 6.03 Å². The number of ether oxygens (including phenoxy) is 4. The summed E-state index contributed by atoms with van der Waals surface area (Å²) in [5.74, 6) is 2.81. The summed E-state index contributed by atoms with van der Waals surface area (Å²) in [4.78, 5) is 14.0. The number of methoxy groups -OCH3 is 2. The summed E-state index contributed by atoms with van der Waals surface area (Å²) in [5, 5.41) is 2.90. The van der Waals surface area contributed by atoms with Crippen LogP contribution in [0.5, 0.6) is 23.0 Å². The van der Waals surface area contributed by atoms with Crippen molar-refractivity contribution in [3.8, 4) is 23.0 Å². The average molecular weight is 386 g/mol. The molecule has 0 bridgehead atoms. The van der Waals surface area contributed by atoms with Crippen molar-refractivity contribution in [3.63, 3.8) is 0 Å². The Kier molecular flexibility index (Phi) is 6.47. The van der Waals surface area contributed by atoms with E-state index in [1.54, 1.807) is 26.2 Å². The molecule has 0 spiro atoms. The summed E-state index contributed by atoms with van der Waals surface area (Å²) < 4.78 is 22.1. The van der Waals surface area contributed by atoms with Crippen molar-refractivity contribution in [3.05, 3.63) is 48.0 Å². The molecule has 1 atom stereocenters. The number of hydrogen-bond donors (Lipinski definition) is 1. The van der Waals surface area contributed by atoms with E-state index >= 15 is 0 Å². The van der Waals surface area contributed by atoms with Crippen LogP contribution in [0.3, 0.4) is 0 Å². The van der Waals surface area contributed by atoms with Crippen LogP contribution >= 0.6 is 0 Å². The molecule has 1 unspecified atom stereocenters. The minimum absolute atomic E-state index is 0.150. The zero-order valence-electron chi connectivity index (χ0n) is 16.4. The molecule has 3 rings (SSSR count). The summed E-state index contributed by atoms with van der Waals surface area (Å²) in [7, 11) is 4.98. The molecule has 0 radical (unpaired) electrons. The first kappa shape index (κ1) is 19.7. The maximum atomic E-state index is 12.3. The third-order valence-corrected chi connectivity index (χ3v) is 4.58. The van der Waals surface area contributed by atoms with Crippen LogP contribution in [0.25, 0.3) is 0 Å². The molecule has 0 fully saturated rings. The third-order valence-electron chi connectivity index (χ3n) is 4.58. The molecular weight excluding hydrogens is 360 g/mol. The number of likely N-dealkylation sites (N-methyl/N-ethyl adjacent to an activating group) is 1. The summed E-state index contributed by atoms with van der Waals surface area (Å²) in [6.45, 7) is 1.37. The lowest BCUT2D eigenvalue weighted by Crippen LogP contribution is -2.45. The Hall–Kier alpha value is -3.09. The minimum Gasteiger partial charge on any atom is -0.493 e. The van der Waals surface area contributed by atoms with Gasteiger partial charge in [0, 0.05) is 13.6 Å². The molecule has 2 aromatic carbocycles. The summed E-state index contributed by atoms with van der Waals surface area (Å²) >= 11 is 0. The fourth-order valence-corrected chi connectivity index (χ4v) is 2.93. The van der Waals surface area contributed by atoms with Crippen LogP contribution in [0.4, 0.5) is 4.79 Å².